The molecule has 0 N–H and O–H groups in total. The fraction of sp³-hybridized carbons (Fsp3) is 0. The van der Waals surface area contributed by atoms with Crippen LogP contribution in [0.3, 0.4) is 0 Å². The Kier molecular flexibility index (Phi) is 4.89. The van der Waals surface area contributed by atoms with Crippen molar-refractivity contribution in [3.63, 3.8) is 0 Å². The van der Waals surface area contributed by atoms with Crippen LogP contribution < -0.4 is 0 Å². The van der Waals surface area contributed by atoms with Gasteiger partial charge in [-0.1, -0.05) is 78.9 Å². The molecule has 0 aliphatic carbocycles. The summed E-state index contributed by atoms with van der Waals surface area (Å²) in [5, 5.41) is 14.7. The number of hydrogen-bond donors (Lipinski definition) is 0. The van der Waals surface area contributed by atoms with Crippen molar-refractivity contribution < 1.29 is 0 Å². The molecule has 0 saturated heterocycles. The predicted molar refractivity (Wildman–Crippen MR) is 165 cm³/mol. The van der Waals surface area contributed by atoms with Gasteiger partial charge in [0.15, 0.2) is 0 Å². The lowest BCUT2D eigenvalue weighted by Gasteiger charge is -2.09. The Balaban J connectivity index is 1.38. The molecule has 3 nitrogen and oxygen atoms in total. The number of rotatable bonds is 3. The second kappa shape index (κ2) is 8.73. The lowest BCUT2D eigenvalue weighted by Crippen LogP contribution is -1.95. The molecule has 6 aromatic carbocycles. The van der Waals surface area contributed by atoms with E-state index in [0.717, 1.165) is 38.7 Å². The van der Waals surface area contributed by atoms with E-state index in [1.54, 1.807) is 0 Å². The molecule has 3 heteroatoms. The Morgan fingerprint density at radius 3 is 1.62 bits per heavy atom. The van der Waals surface area contributed by atoms with Gasteiger partial charge >= 0.3 is 0 Å². The Morgan fingerprint density at radius 1 is 0.425 bits per heavy atom. The maximum atomic E-state index is 9.97. The van der Waals surface area contributed by atoms with E-state index in [9.17, 15) is 5.26 Å². The van der Waals surface area contributed by atoms with Gasteiger partial charge in [-0.3, -0.25) is 0 Å². The van der Waals surface area contributed by atoms with Gasteiger partial charge in [-0.05, 0) is 71.8 Å². The lowest BCUT2D eigenvalue weighted by molar-refractivity contribution is 1.18. The zero-order valence-corrected chi connectivity index (χ0v) is 21.6. The third-order valence-corrected chi connectivity index (χ3v) is 7.94. The Morgan fingerprint density at radius 2 is 0.950 bits per heavy atom. The summed E-state index contributed by atoms with van der Waals surface area (Å²) >= 11 is 0. The van der Waals surface area contributed by atoms with Crippen LogP contribution in [0.4, 0.5) is 0 Å². The van der Waals surface area contributed by atoms with Gasteiger partial charge in [-0.15, -0.1) is 0 Å². The summed E-state index contributed by atoms with van der Waals surface area (Å²) in [6, 6.07) is 51.3. The third kappa shape index (κ3) is 3.24. The van der Waals surface area contributed by atoms with Crippen molar-refractivity contribution in [3.05, 3.63) is 145 Å². The monoisotopic (exact) mass is 509 g/mol. The van der Waals surface area contributed by atoms with Crippen LogP contribution in [0.2, 0.25) is 0 Å². The molecule has 0 bridgehead atoms. The van der Waals surface area contributed by atoms with Crippen LogP contribution in [0.5, 0.6) is 0 Å². The summed E-state index contributed by atoms with van der Waals surface area (Å²) in [5.41, 5.74) is 9.64. The number of fused-ring (bicyclic) bond motifs is 6. The number of aromatic nitrogens is 2. The highest BCUT2D eigenvalue weighted by molar-refractivity contribution is 6.13. The van der Waals surface area contributed by atoms with Gasteiger partial charge in [0.2, 0.25) is 0 Å². The highest BCUT2D eigenvalue weighted by Gasteiger charge is 2.17. The van der Waals surface area contributed by atoms with Crippen molar-refractivity contribution in [3.8, 4) is 28.6 Å². The molecule has 0 unspecified atom stereocenters. The summed E-state index contributed by atoms with van der Waals surface area (Å²) in [7, 11) is 0. The molecular weight excluding hydrogens is 486 g/mol. The van der Waals surface area contributed by atoms with Gasteiger partial charge < -0.3 is 9.13 Å². The first-order chi connectivity index (χ1) is 19.8. The fourth-order valence-corrected chi connectivity index (χ4v) is 6.19. The fourth-order valence-electron chi connectivity index (χ4n) is 6.19. The van der Waals surface area contributed by atoms with E-state index in [4.69, 9.17) is 0 Å². The first kappa shape index (κ1) is 22.4. The second-order valence-corrected chi connectivity index (χ2v) is 10.1. The minimum atomic E-state index is 0.675. The lowest BCUT2D eigenvalue weighted by atomic mass is 10.0. The van der Waals surface area contributed by atoms with Gasteiger partial charge in [0.05, 0.1) is 27.6 Å². The normalized spacial score (nSPS) is 11.5. The molecule has 0 aliphatic rings. The Bertz CT molecular complexity index is 2260. The Hall–Kier alpha value is -5.59. The summed E-state index contributed by atoms with van der Waals surface area (Å²) in [6.07, 6.45) is 0. The van der Waals surface area contributed by atoms with Crippen molar-refractivity contribution >= 4 is 43.6 Å². The van der Waals surface area contributed by atoms with Crippen LogP contribution in [0.1, 0.15) is 5.56 Å². The summed E-state index contributed by atoms with van der Waals surface area (Å²) in [6.45, 7) is 0. The standard InChI is InChI=1S/C37H23N3/c38-24-27-10-9-16-31-33-23-26(19-21-36(33)40(37(27)31)29-13-5-2-6-14-29)25-18-20-35-32(22-25)30-15-7-8-17-34(30)39(35)28-11-3-1-4-12-28/h1-23H. The van der Waals surface area contributed by atoms with E-state index < -0.39 is 0 Å². The van der Waals surface area contributed by atoms with Crippen LogP contribution in [0, 0.1) is 11.3 Å². The molecule has 2 aromatic heterocycles. The first-order valence-electron chi connectivity index (χ1n) is 13.4. The van der Waals surface area contributed by atoms with Gasteiger partial charge in [0.25, 0.3) is 0 Å². The minimum Gasteiger partial charge on any atom is -0.309 e. The highest BCUT2D eigenvalue weighted by Crippen LogP contribution is 2.38. The molecular formula is C37H23N3. The topological polar surface area (TPSA) is 33.6 Å². The van der Waals surface area contributed by atoms with Crippen molar-refractivity contribution in [2.75, 3.05) is 0 Å². The smallest absolute Gasteiger partial charge is 0.101 e. The maximum Gasteiger partial charge on any atom is 0.101 e. The van der Waals surface area contributed by atoms with Gasteiger partial charge in [0.1, 0.15) is 6.07 Å². The predicted octanol–water partition coefficient (Wildman–Crippen LogP) is 9.42. The zero-order chi connectivity index (χ0) is 26.6. The van der Waals surface area contributed by atoms with Crippen molar-refractivity contribution in [1.29, 1.82) is 5.26 Å². The quantitative estimate of drug-likeness (QED) is 0.233. The van der Waals surface area contributed by atoms with E-state index in [2.05, 4.69) is 124 Å². The molecule has 8 aromatic rings. The molecule has 0 spiro atoms. The molecule has 0 amide bonds. The average molecular weight is 510 g/mol. The van der Waals surface area contributed by atoms with Crippen molar-refractivity contribution in [1.82, 2.24) is 9.13 Å². The summed E-state index contributed by atoms with van der Waals surface area (Å²) < 4.78 is 4.55. The number of benzene rings is 6. The van der Waals surface area contributed by atoms with E-state index in [-0.39, 0.29) is 0 Å². The molecule has 40 heavy (non-hydrogen) atoms. The molecule has 0 aliphatic heterocycles. The molecule has 0 fully saturated rings. The van der Waals surface area contributed by atoms with Gasteiger partial charge in [-0.2, -0.15) is 5.26 Å². The van der Waals surface area contributed by atoms with Crippen LogP contribution in [-0.2, 0) is 0 Å². The largest absolute Gasteiger partial charge is 0.309 e. The minimum absolute atomic E-state index is 0.675. The zero-order valence-electron chi connectivity index (χ0n) is 21.6. The van der Waals surface area contributed by atoms with Crippen molar-refractivity contribution in [2.45, 2.75) is 0 Å². The maximum absolute atomic E-state index is 9.97. The van der Waals surface area contributed by atoms with Crippen LogP contribution >= 0.6 is 0 Å². The highest BCUT2D eigenvalue weighted by atomic mass is 15.0. The van der Waals surface area contributed by atoms with E-state index >= 15 is 0 Å². The molecule has 0 radical (unpaired) electrons. The number of nitriles is 1. The van der Waals surface area contributed by atoms with Crippen LogP contribution in [0.15, 0.2) is 140 Å². The average Bonchev–Trinajstić information content (AvgIpc) is 3.54. The molecule has 2 heterocycles. The second-order valence-electron chi connectivity index (χ2n) is 10.1. The summed E-state index contributed by atoms with van der Waals surface area (Å²) in [4.78, 5) is 0. The number of hydrogen-bond acceptors (Lipinski definition) is 1. The SMILES string of the molecule is N#Cc1cccc2c3cc(-c4ccc5c(c4)c4ccccc4n5-c4ccccc4)ccc3n(-c3ccccc3)c12. The van der Waals surface area contributed by atoms with E-state index in [1.165, 1.54) is 27.4 Å². The van der Waals surface area contributed by atoms with E-state index in [0.29, 0.717) is 5.56 Å². The van der Waals surface area contributed by atoms with Crippen LogP contribution in [0.25, 0.3) is 66.1 Å². The Labute approximate surface area is 231 Å². The van der Waals surface area contributed by atoms with Crippen molar-refractivity contribution in [2.24, 2.45) is 0 Å². The first-order valence-corrected chi connectivity index (χ1v) is 13.4. The van der Waals surface area contributed by atoms with Gasteiger partial charge in [0, 0.05) is 32.9 Å². The molecule has 8 rings (SSSR count). The van der Waals surface area contributed by atoms with Crippen LogP contribution in [-0.4, -0.2) is 9.13 Å². The number of nitrogens with zero attached hydrogens (tertiary/aromatic N) is 3. The summed E-state index contributed by atoms with van der Waals surface area (Å²) in [5.74, 6) is 0. The van der Waals surface area contributed by atoms with E-state index in [1.807, 2.05) is 30.3 Å². The molecule has 0 atom stereocenters. The third-order valence-electron chi connectivity index (χ3n) is 7.94. The molecule has 0 saturated carbocycles. The molecule has 186 valence electrons. The van der Waals surface area contributed by atoms with Gasteiger partial charge in [-0.25, -0.2) is 0 Å². The number of para-hydroxylation sites is 4.